The van der Waals surface area contributed by atoms with Crippen LogP contribution in [-0.4, -0.2) is 12.6 Å². The molecule has 0 saturated heterocycles. The number of unbranched alkanes of at least 4 members (excludes halogenated alkanes) is 11. The Morgan fingerprint density at radius 3 is 1.87 bits per heavy atom. The van der Waals surface area contributed by atoms with Gasteiger partial charge < -0.3 is 4.74 Å². The van der Waals surface area contributed by atoms with Gasteiger partial charge in [-0.1, -0.05) is 77.4 Å². The maximum atomic E-state index is 11.5. The van der Waals surface area contributed by atoms with Gasteiger partial charge in [0.25, 0.3) is 0 Å². The highest BCUT2D eigenvalue weighted by Gasteiger charge is 2.01. The average molecular weight is 325 g/mol. The molecule has 0 saturated carbocycles. The minimum Gasteiger partial charge on any atom is -0.466 e. The molecule has 2 heteroatoms. The number of hydrogen-bond acceptors (Lipinski definition) is 2. The van der Waals surface area contributed by atoms with Crippen molar-refractivity contribution < 1.29 is 9.53 Å². The molecule has 23 heavy (non-hydrogen) atoms. The summed E-state index contributed by atoms with van der Waals surface area (Å²) in [6, 6.07) is 0. The summed E-state index contributed by atoms with van der Waals surface area (Å²) < 4.78 is 5.20. The molecule has 0 aliphatic heterocycles. The van der Waals surface area contributed by atoms with E-state index in [0.717, 1.165) is 25.7 Å². The smallest absolute Gasteiger partial charge is 0.305 e. The number of hydrogen-bond donors (Lipinski definition) is 0. The van der Waals surface area contributed by atoms with Crippen molar-refractivity contribution in [2.24, 2.45) is 0 Å². The van der Waals surface area contributed by atoms with Crippen LogP contribution in [0.5, 0.6) is 0 Å². The highest BCUT2D eigenvalue weighted by molar-refractivity contribution is 5.69. The molecular formula is C21H40O2. The molecule has 0 rings (SSSR count). The van der Waals surface area contributed by atoms with Crippen molar-refractivity contribution in [3.8, 4) is 0 Å². The minimum atomic E-state index is -0.00731. The van der Waals surface area contributed by atoms with E-state index in [9.17, 15) is 4.79 Å². The lowest BCUT2D eigenvalue weighted by molar-refractivity contribution is -0.143. The minimum absolute atomic E-state index is 0.00731. The average Bonchev–Trinajstić information content (AvgIpc) is 2.56. The van der Waals surface area contributed by atoms with Crippen molar-refractivity contribution in [3.63, 3.8) is 0 Å². The number of carbonyl (C=O) groups excluding carboxylic acids is 1. The number of esters is 1. The van der Waals surface area contributed by atoms with E-state index in [1.165, 1.54) is 64.2 Å². The van der Waals surface area contributed by atoms with Gasteiger partial charge in [0.05, 0.1) is 6.61 Å². The van der Waals surface area contributed by atoms with Gasteiger partial charge in [-0.2, -0.15) is 0 Å². The molecule has 0 bridgehead atoms. The molecule has 0 aromatic carbocycles. The summed E-state index contributed by atoms with van der Waals surface area (Å²) in [4.78, 5) is 11.5. The van der Waals surface area contributed by atoms with Crippen molar-refractivity contribution in [2.45, 2.75) is 110 Å². The Morgan fingerprint density at radius 2 is 1.22 bits per heavy atom. The predicted octanol–water partition coefficient (Wildman–Crippen LogP) is 6.98. The van der Waals surface area contributed by atoms with Gasteiger partial charge in [-0.15, -0.1) is 0 Å². The summed E-state index contributed by atoms with van der Waals surface area (Å²) in [5, 5.41) is 0. The first-order valence-corrected chi connectivity index (χ1v) is 10.1. The zero-order valence-electron chi connectivity index (χ0n) is 15.8. The fourth-order valence-corrected chi connectivity index (χ4v) is 2.60. The highest BCUT2D eigenvalue weighted by atomic mass is 16.5. The summed E-state index contributed by atoms with van der Waals surface area (Å²) in [6.45, 7) is 5.02. The number of rotatable bonds is 17. The van der Waals surface area contributed by atoms with Crippen molar-refractivity contribution in [2.75, 3.05) is 6.61 Å². The Bertz CT molecular complexity index is 271. The monoisotopic (exact) mass is 324 g/mol. The lowest BCUT2D eigenvalue weighted by Crippen LogP contribution is -2.05. The Hall–Kier alpha value is -0.790. The van der Waals surface area contributed by atoms with Crippen LogP contribution in [-0.2, 0) is 9.53 Å². The second-order valence-corrected chi connectivity index (χ2v) is 6.55. The van der Waals surface area contributed by atoms with Gasteiger partial charge in [0.2, 0.25) is 0 Å². The van der Waals surface area contributed by atoms with E-state index >= 15 is 0 Å². The molecule has 136 valence electrons. The summed E-state index contributed by atoms with van der Waals surface area (Å²) in [5.74, 6) is -0.00731. The SMILES string of the molecule is CCCCCCC=CCCCCCCCC(=O)OCCCCC. The maximum absolute atomic E-state index is 11.5. The Labute approximate surface area is 145 Å². The van der Waals surface area contributed by atoms with Crippen LogP contribution in [0.4, 0.5) is 0 Å². The molecule has 0 amide bonds. The van der Waals surface area contributed by atoms with E-state index in [0.29, 0.717) is 13.0 Å². The van der Waals surface area contributed by atoms with E-state index in [2.05, 4.69) is 26.0 Å². The zero-order chi connectivity index (χ0) is 17.0. The first-order chi connectivity index (χ1) is 11.3. The molecule has 2 nitrogen and oxygen atoms in total. The second kappa shape index (κ2) is 19.3. The van der Waals surface area contributed by atoms with Crippen LogP contribution < -0.4 is 0 Å². The van der Waals surface area contributed by atoms with Crippen molar-refractivity contribution in [1.29, 1.82) is 0 Å². The van der Waals surface area contributed by atoms with Gasteiger partial charge in [0, 0.05) is 6.42 Å². The first-order valence-electron chi connectivity index (χ1n) is 10.1. The molecule has 0 aromatic heterocycles. The van der Waals surface area contributed by atoms with Crippen molar-refractivity contribution in [1.82, 2.24) is 0 Å². The second-order valence-electron chi connectivity index (χ2n) is 6.55. The lowest BCUT2D eigenvalue weighted by atomic mass is 10.1. The number of carbonyl (C=O) groups is 1. The van der Waals surface area contributed by atoms with Crippen LogP contribution >= 0.6 is 0 Å². The van der Waals surface area contributed by atoms with E-state index in [1.807, 2.05) is 0 Å². The molecule has 0 fully saturated rings. The van der Waals surface area contributed by atoms with Crippen LogP contribution in [0, 0.1) is 0 Å². The van der Waals surface area contributed by atoms with E-state index in [4.69, 9.17) is 4.74 Å². The molecule has 0 heterocycles. The normalized spacial score (nSPS) is 11.2. The van der Waals surface area contributed by atoms with Crippen LogP contribution in [0.2, 0.25) is 0 Å². The Balaban J connectivity index is 3.17. The largest absolute Gasteiger partial charge is 0.466 e. The van der Waals surface area contributed by atoms with E-state index < -0.39 is 0 Å². The number of allylic oxidation sites excluding steroid dienone is 2. The molecule has 0 unspecified atom stereocenters. The fourth-order valence-electron chi connectivity index (χ4n) is 2.60. The first kappa shape index (κ1) is 22.2. The molecule has 0 spiro atoms. The van der Waals surface area contributed by atoms with Crippen LogP contribution in [0.25, 0.3) is 0 Å². The molecule has 0 N–H and O–H groups in total. The summed E-state index contributed by atoms with van der Waals surface area (Å²) in [6.07, 6.45) is 22.5. The molecule has 0 aromatic rings. The third-order valence-corrected chi connectivity index (χ3v) is 4.15. The van der Waals surface area contributed by atoms with Crippen LogP contribution in [0.3, 0.4) is 0 Å². The Kier molecular flexibility index (Phi) is 18.6. The zero-order valence-corrected chi connectivity index (χ0v) is 15.8. The number of ether oxygens (including phenoxy) is 1. The fraction of sp³-hybridized carbons (Fsp3) is 0.857. The molecule has 0 atom stereocenters. The van der Waals surface area contributed by atoms with Gasteiger partial charge in [0.15, 0.2) is 0 Å². The maximum Gasteiger partial charge on any atom is 0.305 e. The quantitative estimate of drug-likeness (QED) is 0.164. The van der Waals surface area contributed by atoms with Crippen molar-refractivity contribution >= 4 is 5.97 Å². The molecule has 0 aliphatic rings. The van der Waals surface area contributed by atoms with Crippen LogP contribution in [0.15, 0.2) is 12.2 Å². The van der Waals surface area contributed by atoms with Gasteiger partial charge >= 0.3 is 5.97 Å². The predicted molar refractivity (Wildman–Crippen MR) is 101 cm³/mol. The molecule has 0 aliphatic carbocycles. The van der Waals surface area contributed by atoms with E-state index in [-0.39, 0.29) is 5.97 Å². The van der Waals surface area contributed by atoms with Crippen molar-refractivity contribution in [3.05, 3.63) is 12.2 Å². The summed E-state index contributed by atoms with van der Waals surface area (Å²) in [5.41, 5.74) is 0. The van der Waals surface area contributed by atoms with Gasteiger partial charge in [-0.05, 0) is 38.5 Å². The third-order valence-electron chi connectivity index (χ3n) is 4.15. The highest BCUT2D eigenvalue weighted by Crippen LogP contribution is 2.09. The standard InChI is InChI=1S/C21H40O2/c1-3-5-7-8-9-10-11-12-13-14-15-16-17-19-21(22)23-20-18-6-4-2/h10-11H,3-9,12-20H2,1-2H3. The van der Waals surface area contributed by atoms with E-state index in [1.54, 1.807) is 0 Å². The summed E-state index contributed by atoms with van der Waals surface area (Å²) in [7, 11) is 0. The van der Waals surface area contributed by atoms with Gasteiger partial charge in [0.1, 0.15) is 0 Å². The Morgan fingerprint density at radius 1 is 0.696 bits per heavy atom. The lowest BCUT2D eigenvalue weighted by Gasteiger charge is -2.04. The topological polar surface area (TPSA) is 26.3 Å². The van der Waals surface area contributed by atoms with Gasteiger partial charge in [-0.3, -0.25) is 4.79 Å². The third kappa shape index (κ3) is 19.2. The summed E-state index contributed by atoms with van der Waals surface area (Å²) >= 11 is 0. The van der Waals surface area contributed by atoms with Gasteiger partial charge in [-0.25, -0.2) is 0 Å². The molecule has 0 radical (unpaired) electrons. The molecular weight excluding hydrogens is 284 g/mol. The van der Waals surface area contributed by atoms with Crippen LogP contribution in [0.1, 0.15) is 110 Å².